The molecule has 0 saturated carbocycles. The van der Waals surface area contributed by atoms with Gasteiger partial charge in [-0.2, -0.15) is 0 Å². The third-order valence-corrected chi connectivity index (χ3v) is 9.52. The molecule has 0 fully saturated rings. The Morgan fingerprint density at radius 1 is 0.619 bits per heavy atom. The van der Waals surface area contributed by atoms with Crippen LogP contribution in [0.5, 0.6) is 0 Å². The van der Waals surface area contributed by atoms with Crippen molar-refractivity contribution in [3.8, 4) is 0 Å². The van der Waals surface area contributed by atoms with Crippen molar-refractivity contribution in [2.45, 2.75) is 12.8 Å². The minimum absolute atomic E-state index is 0.269. The van der Waals surface area contributed by atoms with Gasteiger partial charge in [0.05, 0.1) is 9.79 Å². The zero-order valence-corrected chi connectivity index (χ0v) is 13.6. The molecule has 0 spiro atoms. The summed E-state index contributed by atoms with van der Waals surface area (Å²) in [5, 5.41) is 0. The van der Waals surface area contributed by atoms with Crippen LogP contribution in [0, 0.1) is 0 Å². The Balaban J connectivity index is 2.62. The molecule has 0 aliphatic carbocycles. The Kier molecular flexibility index (Phi) is 4.35. The van der Waals surface area contributed by atoms with E-state index in [2.05, 4.69) is 0 Å². The molecule has 112 valence electrons. The highest BCUT2D eigenvalue weighted by Crippen LogP contribution is 2.42. The monoisotopic (exact) mass is 364 g/mol. The lowest BCUT2D eigenvalue weighted by atomic mass is 10.4. The molecule has 0 aromatic heterocycles. The predicted octanol–water partition coefficient (Wildman–Crippen LogP) is 3.02. The summed E-state index contributed by atoms with van der Waals surface area (Å²) in [6, 6.07) is 13.9. The van der Waals surface area contributed by atoms with E-state index in [0.29, 0.717) is 0 Å². The van der Waals surface area contributed by atoms with Crippen molar-refractivity contribution < 1.29 is 16.8 Å². The minimum Gasteiger partial charge on any atom is -0.219 e. The molecule has 0 bridgehead atoms. The molecule has 0 N–H and O–H groups in total. The van der Waals surface area contributed by atoms with Crippen LogP contribution in [-0.2, 0) is 19.7 Å². The molecule has 0 saturated heterocycles. The van der Waals surface area contributed by atoms with Crippen LogP contribution in [0.3, 0.4) is 0 Å². The number of benzene rings is 2. The maximum atomic E-state index is 12.4. The highest BCUT2D eigenvalue weighted by atomic mass is 35.5. The zero-order valence-electron chi connectivity index (χ0n) is 10.5. The van der Waals surface area contributed by atoms with Crippen molar-refractivity contribution in [2.75, 3.05) is 0 Å². The molecule has 8 heteroatoms. The van der Waals surface area contributed by atoms with E-state index in [0.717, 1.165) is 0 Å². The Morgan fingerprint density at radius 3 is 1.19 bits per heavy atom. The molecule has 0 aliphatic rings. The summed E-state index contributed by atoms with van der Waals surface area (Å²) in [7, 11) is -9.00. The predicted molar refractivity (Wildman–Crippen MR) is 81.7 cm³/mol. The maximum Gasteiger partial charge on any atom is 0.327 e. The van der Waals surface area contributed by atoms with Crippen LogP contribution >= 0.6 is 23.2 Å². The van der Waals surface area contributed by atoms with Gasteiger partial charge in [-0.05, 0) is 24.3 Å². The molecular weight excluding hydrogens is 355 g/mol. The fourth-order valence-electron chi connectivity index (χ4n) is 1.62. The largest absolute Gasteiger partial charge is 0.327 e. The second-order valence-corrected chi connectivity index (χ2v) is 10.8. The summed E-state index contributed by atoms with van der Waals surface area (Å²) < 4.78 is 46.7. The second-order valence-electron chi connectivity index (χ2n) is 4.10. The SMILES string of the molecule is O=S(=O)(c1ccccc1)C(Cl)(Cl)S(=O)(=O)c1ccccc1. The number of halogens is 2. The highest BCUT2D eigenvalue weighted by Gasteiger charge is 2.53. The van der Waals surface area contributed by atoms with Gasteiger partial charge in [0.1, 0.15) is 0 Å². The van der Waals surface area contributed by atoms with Crippen molar-refractivity contribution in [3.63, 3.8) is 0 Å². The Morgan fingerprint density at radius 2 is 0.905 bits per heavy atom. The van der Waals surface area contributed by atoms with E-state index in [4.69, 9.17) is 23.2 Å². The number of sulfone groups is 2. The van der Waals surface area contributed by atoms with Gasteiger partial charge in [-0.1, -0.05) is 59.6 Å². The number of alkyl halides is 2. The van der Waals surface area contributed by atoms with Crippen LogP contribution in [0.15, 0.2) is 70.5 Å². The zero-order chi connectivity index (χ0) is 15.7. The van der Waals surface area contributed by atoms with Crippen LogP contribution in [-0.4, -0.2) is 19.8 Å². The van der Waals surface area contributed by atoms with Crippen LogP contribution in [0.4, 0.5) is 0 Å². The molecule has 21 heavy (non-hydrogen) atoms. The first kappa shape index (κ1) is 16.3. The Hall–Kier alpha value is -1.08. The first-order chi connectivity index (χ1) is 9.71. The molecule has 0 radical (unpaired) electrons. The first-order valence-electron chi connectivity index (χ1n) is 5.68. The average molecular weight is 365 g/mol. The van der Waals surface area contributed by atoms with E-state index in [-0.39, 0.29) is 9.79 Å². The smallest absolute Gasteiger partial charge is 0.219 e. The van der Waals surface area contributed by atoms with Gasteiger partial charge in [0.25, 0.3) is 0 Å². The first-order valence-corrected chi connectivity index (χ1v) is 9.40. The molecule has 2 rings (SSSR count). The number of hydrogen-bond acceptors (Lipinski definition) is 4. The molecular formula is C13H10Cl2O4S2. The van der Waals surface area contributed by atoms with Crippen LogP contribution < -0.4 is 0 Å². The molecule has 0 unspecified atom stereocenters. The van der Waals surface area contributed by atoms with E-state index >= 15 is 0 Å². The van der Waals surface area contributed by atoms with E-state index in [1.54, 1.807) is 12.1 Å². The van der Waals surface area contributed by atoms with Gasteiger partial charge < -0.3 is 0 Å². The van der Waals surface area contributed by atoms with Crippen molar-refractivity contribution >= 4 is 42.9 Å². The third-order valence-electron chi connectivity index (χ3n) is 2.73. The van der Waals surface area contributed by atoms with E-state index < -0.39 is 22.7 Å². The molecule has 0 atom stereocenters. The fourth-order valence-corrected chi connectivity index (χ4v) is 6.00. The van der Waals surface area contributed by atoms with Crippen molar-refractivity contribution in [1.29, 1.82) is 0 Å². The van der Waals surface area contributed by atoms with Gasteiger partial charge in [0, 0.05) is 0 Å². The van der Waals surface area contributed by atoms with Crippen molar-refractivity contribution in [1.82, 2.24) is 0 Å². The van der Waals surface area contributed by atoms with Gasteiger partial charge >= 0.3 is 3.00 Å². The van der Waals surface area contributed by atoms with Gasteiger partial charge in [0.2, 0.25) is 19.7 Å². The van der Waals surface area contributed by atoms with Crippen LogP contribution in [0.25, 0.3) is 0 Å². The normalized spacial score (nSPS) is 13.0. The Labute approximate surface area is 133 Å². The van der Waals surface area contributed by atoms with Gasteiger partial charge in [-0.3, -0.25) is 0 Å². The van der Waals surface area contributed by atoms with Gasteiger partial charge in [-0.15, -0.1) is 0 Å². The summed E-state index contributed by atoms with van der Waals surface area (Å²) in [5.74, 6) is 0. The number of rotatable bonds is 4. The molecule has 2 aromatic carbocycles. The van der Waals surface area contributed by atoms with E-state index in [1.165, 1.54) is 48.5 Å². The van der Waals surface area contributed by atoms with Crippen LogP contribution in [0.2, 0.25) is 0 Å². The molecule has 0 aliphatic heterocycles. The summed E-state index contributed by atoms with van der Waals surface area (Å²) >= 11 is 11.6. The second kappa shape index (κ2) is 5.61. The standard InChI is InChI=1S/C13H10Cl2O4S2/c14-13(15,20(16,17)11-7-3-1-4-8-11)21(18,19)12-9-5-2-6-10-12/h1-10H. The molecule has 0 amide bonds. The highest BCUT2D eigenvalue weighted by molar-refractivity contribution is 8.14. The van der Waals surface area contributed by atoms with Crippen LogP contribution in [0.1, 0.15) is 0 Å². The van der Waals surface area contributed by atoms with E-state index in [9.17, 15) is 16.8 Å². The van der Waals surface area contributed by atoms with Gasteiger partial charge in [0.15, 0.2) is 0 Å². The topological polar surface area (TPSA) is 68.3 Å². The van der Waals surface area contributed by atoms with Crippen molar-refractivity contribution in [3.05, 3.63) is 60.7 Å². The van der Waals surface area contributed by atoms with E-state index in [1.807, 2.05) is 0 Å². The fraction of sp³-hybridized carbons (Fsp3) is 0.0769. The summed E-state index contributed by atoms with van der Waals surface area (Å²) in [4.78, 5) is -0.538. The van der Waals surface area contributed by atoms with Crippen molar-refractivity contribution in [2.24, 2.45) is 0 Å². The quantitative estimate of drug-likeness (QED) is 0.781. The lowest BCUT2D eigenvalue weighted by Crippen LogP contribution is -2.35. The summed E-state index contributed by atoms with van der Waals surface area (Å²) in [6.45, 7) is 0. The minimum atomic E-state index is -4.50. The average Bonchev–Trinajstić information content (AvgIpc) is 2.48. The third kappa shape index (κ3) is 2.68. The lowest BCUT2D eigenvalue weighted by Gasteiger charge is -2.20. The number of hydrogen-bond donors (Lipinski definition) is 0. The molecule has 2 aromatic rings. The summed E-state index contributed by atoms with van der Waals surface area (Å²) in [6.07, 6.45) is 0. The molecule has 0 heterocycles. The molecule has 4 nitrogen and oxygen atoms in total. The summed E-state index contributed by atoms with van der Waals surface area (Å²) in [5.41, 5.74) is 0. The lowest BCUT2D eigenvalue weighted by molar-refractivity contribution is 0.581. The van der Waals surface area contributed by atoms with Gasteiger partial charge in [-0.25, -0.2) is 16.8 Å². The Bertz CT molecular complexity index is 759. The maximum absolute atomic E-state index is 12.4.